The predicted molar refractivity (Wildman–Crippen MR) is 85.6 cm³/mol. The smallest absolute Gasteiger partial charge is 0.228 e. The molecule has 0 bridgehead atoms. The fourth-order valence-corrected chi connectivity index (χ4v) is 2.55. The van der Waals surface area contributed by atoms with Gasteiger partial charge in [0.25, 0.3) is 0 Å². The first-order chi connectivity index (χ1) is 10.6. The number of likely N-dealkylation sites (N-methyl/N-ethyl adjacent to an activating group) is 1. The number of para-hydroxylation sites is 1. The van der Waals surface area contributed by atoms with E-state index in [0.29, 0.717) is 22.8 Å². The highest BCUT2D eigenvalue weighted by Crippen LogP contribution is 2.19. The zero-order valence-corrected chi connectivity index (χ0v) is 12.9. The van der Waals surface area contributed by atoms with Gasteiger partial charge < -0.3 is 9.42 Å². The molecule has 4 nitrogen and oxygen atoms in total. The standard InChI is InChI=1S/C17H15ClN2O2/c1-20(11-12-5-4-6-13(18)9-12)17(21)10-15-14-7-2-3-8-16(14)22-19-15/h2-9H,10-11H2,1H3. The second-order valence-electron chi connectivity index (χ2n) is 5.18. The molecule has 0 saturated heterocycles. The summed E-state index contributed by atoms with van der Waals surface area (Å²) < 4.78 is 5.23. The molecule has 0 aliphatic rings. The maximum Gasteiger partial charge on any atom is 0.228 e. The highest BCUT2D eigenvalue weighted by molar-refractivity contribution is 6.30. The average molecular weight is 315 g/mol. The van der Waals surface area contributed by atoms with Gasteiger partial charge in [0.15, 0.2) is 5.58 Å². The summed E-state index contributed by atoms with van der Waals surface area (Å²) in [4.78, 5) is 14.0. The Hall–Kier alpha value is -2.33. The van der Waals surface area contributed by atoms with E-state index in [1.54, 1.807) is 11.9 Å². The van der Waals surface area contributed by atoms with Crippen LogP contribution >= 0.6 is 11.6 Å². The van der Waals surface area contributed by atoms with Crippen LogP contribution in [0.5, 0.6) is 0 Å². The number of rotatable bonds is 4. The molecule has 112 valence electrons. The van der Waals surface area contributed by atoms with Crippen molar-refractivity contribution in [3.8, 4) is 0 Å². The van der Waals surface area contributed by atoms with Crippen LogP contribution in [-0.2, 0) is 17.8 Å². The largest absolute Gasteiger partial charge is 0.356 e. The molecule has 0 saturated carbocycles. The highest BCUT2D eigenvalue weighted by Gasteiger charge is 2.15. The molecule has 3 aromatic rings. The van der Waals surface area contributed by atoms with Gasteiger partial charge in [-0.15, -0.1) is 0 Å². The lowest BCUT2D eigenvalue weighted by molar-refractivity contribution is -0.129. The second-order valence-corrected chi connectivity index (χ2v) is 5.62. The van der Waals surface area contributed by atoms with Crippen molar-refractivity contribution >= 4 is 28.5 Å². The number of nitrogens with zero attached hydrogens (tertiary/aromatic N) is 2. The molecule has 0 fully saturated rings. The van der Waals surface area contributed by atoms with Gasteiger partial charge >= 0.3 is 0 Å². The van der Waals surface area contributed by atoms with Crippen molar-refractivity contribution in [3.05, 3.63) is 64.8 Å². The number of amides is 1. The third kappa shape index (κ3) is 3.12. The number of hydrogen-bond donors (Lipinski definition) is 0. The fourth-order valence-electron chi connectivity index (χ4n) is 2.34. The van der Waals surface area contributed by atoms with E-state index in [2.05, 4.69) is 5.16 Å². The minimum Gasteiger partial charge on any atom is -0.356 e. The molecule has 0 radical (unpaired) electrons. The van der Waals surface area contributed by atoms with Gasteiger partial charge in [0.1, 0.15) is 5.69 Å². The van der Waals surface area contributed by atoms with Gasteiger partial charge in [-0.3, -0.25) is 4.79 Å². The fraction of sp³-hybridized carbons (Fsp3) is 0.176. The van der Waals surface area contributed by atoms with Gasteiger partial charge in [-0.2, -0.15) is 0 Å². The van der Waals surface area contributed by atoms with E-state index in [9.17, 15) is 4.79 Å². The van der Waals surface area contributed by atoms with E-state index in [1.165, 1.54) is 0 Å². The summed E-state index contributed by atoms with van der Waals surface area (Å²) in [6.07, 6.45) is 0.216. The summed E-state index contributed by atoms with van der Waals surface area (Å²) in [6, 6.07) is 15.0. The molecular formula is C17H15ClN2O2. The first-order valence-corrected chi connectivity index (χ1v) is 7.33. The first-order valence-electron chi connectivity index (χ1n) is 6.95. The molecular weight excluding hydrogens is 300 g/mol. The molecule has 3 rings (SSSR count). The molecule has 0 aliphatic carbocycles. The highest BCUT2D eigenvalue weighted by atomic mass is 35.5. The second kappa shape index (κ2) is 6.20. The van der Waals surface area contributed by atoms with E-state index < -0.39 is 0 Å². The molecule has 1 heterocycles. The van der Waals surface area contributed by atoms with Crippen molar-refractivity contribution in [3.63, 3.8) is 0 Å². The number of carbonyl (C=O) groups excluding carboxylic acids is 1. The SMILES string of the molecule is CN(Cc1cccc(Cl)c1)C(=O)Cc1noc2ccccc12. The number of benzene rings is 2. The topological polar surface area (TPSA) is 46.3 Å². The van der Waals surface area contributed by atoms with Crippen LogP contribution in [0, 0.1) is 0 Å². The Morgan fingerprint density at radius 2 is 2.05 bits per heavy atom. The summed E-state index contributed by atoms with van der Waals surface area (Å²) in [7, 11) is 1.77. The van der Waals surface area contributed by atoms with Crippen LogP contribution in [0.3, 0.4) is 0 Å². The van der Waals surface area contributed by atoms with Gasteiger partial charge in [0.05, 0.1) is 6.42 Å². The Morgan fingerprint density at radius 3 is 2.86 bits per heavy atom. The van der Waals surface area contributed by atoms with E-state index in [4.69, 9.17) is 16.1 Å². The monoisotopic (exact) mass is 314 g/mol. The summed E-state index contributed by atoms with van der Waals surface area (Å²) >= 11 is 5.96. The van der Waals surface area contributed by atoms with Gasteiger partial charge in [-0.25, -0.2) is 0 Å². The number of aromatic nitrogens is 1. The maximum absolute atomic E-state index is 12.4. The third-order valence-electron chi connectivity index (χ3n) is 3.51. The zero-order valence-electron chi connectivity index (χ0n) is 12.1. The normalized spacial score (nSPS) is 10.8. The van der Waals surface area contributed by atoms with Crippen LogP contribution in [0.15, 0.2) is 53.1 Å². The van der Waals surface area contributed by atoms with E-state index in [0.717, 1.165) is 10.9 Å². The number of halogens is 1. The van der Waals surface area contributed by atoms with Crippen LogP contribution in [0.25, 0.3) is 11.0 Å². The molecule has 0 spiro atoms. The molecule has 0 aliphatic heterocycles. The third-order valence-corrected chi connectivity index (χ3v) is 3.74. The van der Waals surface area contributed by atoms with Crippen molar-refractivity contribution in [1.82, 2.24) is 10.1 Å². The van der Waals surface area contributed by atoms with E-state index in [1.807, 2.05) is 48.5 Å². The Kier molecular flexibility index (Phi) is 4.11. The number of hydrogen-bond acceptors (Lipinski definition) is 3. The number of fused-ring (bicyclic) bond motifs is 1. The van der Waals surface area contributed by atoms with Crippen molar-refractivity contribution in [2.24, 2.45) is 0 Å². The Labute approximate surface area is 133 Å². The molecule has 0 N–H and O–H groups in total. The summed E-state index contributed by atoms with van der Waals surface area (Å²) in [5.74, 6) is -0.0148. The van der Waals surface area contributed by atoms with Crippen molar-refractivity contribution in [1.29, 1.82) is 0 Å². The Balaban J connectivity index is 1.71. The van der Waals surface area contributed by atoms with Gasteiger partial charge in [0, 0.05) is 24.0 Å². The summed E-state index contributed by atoms with van der Waals surface area (Å²) in [6.45, 7) is 0.509. The summed E-state index contributed by atoms with van der Waals surface area (Å²) in [5, 5.41) is 5.54. The zero-order chi connectivity index (χ0) is 15.5. The molecule has 1 aromatic heterocycles. The maximum atomic E-state index is 12.4. The number of carbonyl (C=O) groups is 1. The first kappa shape index (κ1) is 14.6. The quantitative estimate of drug-likeness (QED) is 0.738. The molecule has 2 aromatic carbocycles. The Bertz CT molecular complexity index is 813. The van der Waals surface area contributed by atoms with E-state index in [-0.39, 0.29) is 12.3 Å². The minimum absolute atomic E-state index is 0.0148. The molecule has 0 unspecified atom stereocenters. The lowest BCUT2D eigenvalue weighted by Gasteiger charge is -2.16. The van der Waals surface area contributed by atoms with Crippen molar-refractivity contribution < 1.29 is 9.32 Å². The van der Waals surface area contributed by atoms with Crippen molar-refractivity contribution in [2.45, 2.75) is 13.0 Å². The van der Waals surface area contributed by atoms with Gasteiger partial charge in [-0.1, -0.05) is 41.0 Å². The van der Waals surface area contributed by atoms with Gasteiger partial charge in [-0.05, 0) is 29.8 Å². The van der Waals surface area contributed by atoms with Crippen LogP contribution in [-0.4, -0.2) is 23.0 Å². The van der Waals surface area contributed by atoms with Crippen LogP contribution < -0.4 is 0 Å². The molecule has 1 amide bonds. The van der Waals surface area contributed by atoms with Gasteiger partial charge in [0.2, 0.25) is 5.91 Å². The summed E-state index contributed by atoms with van der Waals surface area (Å²) in [5.41, 5.74) is 2.36. The average Bonchev–Trinajstić information content (AvgIpc) is 2.90. The lowest BCUT2D eigenvalue weighted by Crippen LogP contribution is -2.27. The van der Waals surface area contributed by atoms with Crippen LogP contribution in [0.2, 0.25) is 5.02 Å². The van der Waals surface area contributed by atoms with Crippen LogP contribution in [0.4, 0.5) is 0 Å². The van der Waals surface area contributed by atoms with Crippen molar-refractivity contribution in [2.75, 3.05) is 7.05 Å². The van der Waals surface area contributed by atoms with Crippen LogP contribution in [0.1, 0.15) is 11.3 Å². The Morgan fingerprint density at radius 1 is 1.23 bits per heavy atom. The molecule has 0 atom stereocenters. The lowest BCUT2D eigenvalue weighted by atomic mass is 10.1. The molecule has 22 heavy (non-hydrogen) atoms. The van der Waals surface area contributed by atoms with E-state index >= 15 is 0 Å². The minimum atomic E-state index is -0.0148. The molecule has 5 heteroatoms. The predicted octanol–water partition coefficient (Wildman–Crippen LogP) is 3.68.